The maximum absolute atomic E-state index is 14.7. The summed E-state index contributed by atoms with van der Waals surface area (Å²) in [7, 11) is 9.05. The lowest BCUT2D eigenvalue weighted by Gasteiger charge is -2.54. The van der Waals surface area contributed by atoms with Gasteiger partial charge in [0.15, 0.2) is 12.6 Å². The van der Waals surface area contributed by atoms with Gasteiger partial charge in [-0.05, 0) is 120 Å². The van der Waals surface area contributed by atoms with E-state index in [-0.39, 0.29) is 49.8 Å². The molecule has 4 heterocycles. The third-order valence-electron chi connectivity index (χ3n) is 17.1. The number of esters is 1. The number of rotatable bonds is 19. The number of amides is 1. The predicted octanol–water partition coefficient (Wildman–Crippen LogP) is 4.12. The van der Waals surface area contributed by atoms with Gasteiger partial charge in [0.1, 0.15) is 40.8 Å². The van der Waals surface area contributed by atoms with Crippen molar-refractivity contribution in [1.29, 1.82) is 0 Å². The van der Waals surface area contributed by atoms with Gasteiger partial charge in [0.25, 0.3) is 0 Å². The average Bonchev–Trinajstić information content (AvgIpc) is 3.84. The van der Waals surface area contributed by atoms with Gasteiger partial charge in [-0.3, -0.25) is 24.4 Å². The maximum atomic E-state index is 14.7. The third-order valence-corrected chi connectivity index (χ3v) is 17.1. The molecule has 0 radical (unpaired) electrons. The Bertz CT molecular complexity index is 2150. The molecule has 2 aromatic rings. The number of aliphatic hydroxyl groups is 5. The van der Waals surface area contributed by atoms with E-state index in [0.717, 1.165) is 36.1 Å². The van der Waals surface area contributed by atoms with Gasteiger partial charge in [-0.1, -0.05) is 63.1 Å². The fourth-order valence-corrected chi connectivity index (χ4v) is 12.2. The molecule has 0 bridgehead atoms. The second-order valence-corrected chi connectivity index (χ2v) is 23.9. The summed E-state index contributed by atoms with van der Waals surface area (Å²) in [6.07, 6.45) is -2.62. The van der Waals surface area contributed by atoms with Crippen molar-refractivity contribution in [2.45, 2.75) is 230 Å². The van der Waals surface area contributed by atoms with Gasteiger partial charge in [0.05, 0.1) is 42.1 Å². The number of unbranched alkanes of at least 4 members (excludes halogenated alkanes) is 3. The van der Waals surface area contributed by atoms with Crippen LogP contribution in [0, 0.1) is 17.8 Å². The average molecular weight is 1090 g/mol. The number of carbonyl (C=O) groups excluding carboxylic acids is 2. The Balaban J connectivity index is 1.39. The quantitative estimate of drug-likeness (QED) is 0.0452. The fourth-order valence-electron chi connectivity index (χ4n) is 12.2. The van der Waals surface area contributed by atoms with Crippen molar-refractivity contribution in [3.63, 3.8) is 0 Å². The van der Waals surface area contributed by atoms with E-state index in [1.54, 1.807) is 40.1 Å². The van der Waals surface area contributed by atoms with Crippen LogP contribution in [0.1, 0.15) is 133 Å². The Labute approximate surface area is 457 Å². The molecular weight excluding hydrogens is 995 g/mol. The molecule has 21 heteroatoms. The molecule has 3 fully saturated rings. The first-order valence-corrected chi connectivity index (χ1v) is 27.9. The van der Waals surface area contributed by atoms with E-state index >= 15 is 0 Å². The highest BCUT2D eigenvalue weighted by molar-refractivity contribution is 5.74. The second kappa shape index (κ2) is 27.5. The van der Waals surface area contributed by atoms with Crippen LogP contribution in [0.15, 0.2) is 30.5 Å². The van der Waals surface area contributed by atoms with Gasteiger partial charge < -0.3 is 63.8 Å². The fraction of sp³-hybridized carbons (Fsp3) is 0.821. The number of carbonyl (C=O) groups is 2. The van der Waals surface area contributed by atoms with Gasteiger partial charge >= 0.3 is 5.97 Å². The predicted molar refractivity (Wildman–Crippen MR) is 288 cm³/mol. The van der Waals surface area contributed by atoms with Crippen molar-refractivity contribution < 1.29 is 68.8 Å². The minimum atomic E-state index is -1.85. The molecule has 1 aromatic carbocycles. The summed E-state index contributed by atoms with van der Waals surface area (Å²) < 4.78 is 41.0. The molecule has 21 nitrogen and oxygen atoms in total. The molecule has 3 saturated heterocycles. The summed E-state index contributed by atoms with van der Waals surface area (Å²) in [5.41, 5.74) is -2.01. The van der Waals surface area contributed by atoms with Crippen molar-refractivity contribution in [3.05, 3.63) is 36.0 Å². The Hall–Kier alpha value is -3.26. The number of hydrogen-bond donors (Lipinski definition) is 7. The van der Waals surface area contributed by atoms with Crippen LogP contribution in [0.4, 0.5) is 0 Å². The molecule has 440 valence electrons. The number of ether oxygens (including phenoxy) is 6. The molecule has 0 saturated carbocycles. The smallest absolute Gasteiger partial charge is 0.311 e. The number of aromatic nitrogens is 3. The Kier molecular flexibility index (Phi) is 23.0. The molecule has 3 aliphatic rings. The minimum absolute atomic E-state index is 0.0238. The topological polar surface area (TPSA) is 263 Å². The van der Waals surface area contributed by atoms with E-state index in [1.807, 2.05) is 106 Å². The molecular formula is C56H97N7O14. The Morgan fingerprint density at radius 1 is 0.935 bits per heavy atom. The lowest BCUT2D eigenvalue weighted by atomic mass is 9.75. The van der Waals surface area contributed by atoms with E-state index in [9.17, 15) is 35.1 Å². The number of likely N-dealkylation sites (N-methyl/N-ethyl adjacent to an activating group) is 3. The molecule has 7 N–H and O–H groups in total. The molecule has 77 heavy (non-hydrogen) atoms. The zero-order valence-electron chi connectivity index (χ0n) is 48.8. The van der Waals surface area contributed by atoms with Crippen LogP contribution in [-0.2, 0) is 51.1 Å². The van der Waals surface area contributed by atoms with E-state index < -0.39 is 95.5 Å². The summed E-state index contributed by atoms with van der Waals surface area (Å²) in [6.45, 7) is 19.4. The largest absolute Gasteiger partial charge is 0.459 e. The van der Waals surface area contributed by atoms with Gasteiger partial charge in [0.2, 0.25) is 5.91 Å². The zero-order valence-corrected chi connectivity index (χ0v) is 48.8. The molecule has 18 atom stereocenters. The number of cyclic esters (lactones) is 1. The second-order valence-electron chi connectivity index (χ2n) is 23.9. The van der Waals surface area contributed by atoms with Crippen molar-refractivity contribution in [2.75, 3.05) is 48.4 Å². The van der Waals surface area contributed by atoms with E-state index in [0.29, 0.717) is 38.9 Å². The van der Waals surface area contributed by atoms with E-state index in [2.05, 4.69) is 10.3 Å². The lowest BCUT2D eigenvalue weighted by Crippen LogP contribution is -2.70. The first-order valence-electron chi connectivity index (χ1n) is 27.9. The van der Waals surface area contributed by atoms with Gasteiger partial charge in [-0.25, -0.2) is 5.48 Å². The molecule has 0 aliphatic carbocycles. The number of aryl methyl sites for hydroxylation is 1. The first kappa shape index (κ1) is 64.6. The molecule has 1 aromatic heterocycles. The highest BCUT2D eigenvalue weighted by Gasteiger charge is 2.59. The van der Waals surface area contributed by atoms with E-state index in [4.69, 9.17) is 33.6 Å². The van der Waals surface area contributed by atoms with Crippen molar-refractivity contribution in [2.24, 2.45) is 17.8 Å². The molecule has 3 aliphatic heterocycles. The van der Waals surface area contributed by atoms with Crippen LogP contribution in [0.5, 0.6) is 0 Å². The number of hydroxylamine groups is 1. The van der Waals surface area contributed by atoms with Gasteiger partial charge in [-0.15, -0.1) is 5.10 Å². The monoisotopic (exact) mass is 1090 g/mol. The Morgan fingerprint density at radius 3 is 2.22 bits per heavy atom. The van der Waals surface area contributed by atoms with Crippen LogP contribution in [0.2, 0.25) is 0 Å². The summed E-state index contributed by atoms with van der Waals surface area (Å²) in [4.78, 5) is 31.8. The molecule has 1 amide bonds. The number of benzene rings is 1. The summed E-state index contributed by atoms with van der Waals surface area (Å²) in [6, 6.07) is 7.12. The van der Waals surface area contributed by atoms with Crippen LogP contribution in [-0.4, -0.2) is 210 Å². The molecule has 0 spiro atoms. The summed E-state index contributed by atoms with van der Waals surface area (Å²) in [5.74, 6) is -3.20. The highest BCUT2D eigenvalue weighted by atomic mass is 16.7. The summed E-state index contributed by atoms with van der Waals surface area (Å²) in [5, 5.41) is 78.4. The van der Waals surface area contributed by atoms with Crippen molar-refractivity contribution >= 4 is 11.9 Å². The van der Waals surface area contributed by atoms with Crippen LogP contribution in [0.3, 0.4) is 0 Å². The van der Waals surface area contributed by atoms with E-state index in [1.165, 1.54) is 14.0 Å². The van der Waals surface area contributed by atoms with Gasteiger partial charge in [-0.2, -0.15) is 0 Å². The third kappa shape index (κ3) is 15.8. The number of nitrogens with one attached hydrogen (secondary N) is 1. The van der Waals surface area contributed by atoms with Crippen LogP contribution >= 0.6 is 0 Å². The number of methoxy groups -OCH3 is 1. The lowest BCUT2D eigenvalue weighted by molar-refractivity contribution is -0.339. The Morgan fingerprint density at radius 2 is 1.60 bits per heavy atom. The maximum Gasteiger partial charge on any atom is 0.311 e. The summed E-state index contributed by atoms with van der Waals surface area (Å²) >= 11 is 0. The number of hydrogen-bond acceptors (Lipinski definition) is 19. The minimum Gasteiger partial charge on any atom is -0.459 e. The van der Waals surface area contributed by atoms with Crippen LogP contribution < -0.4 is 5.48 Å². The molecule has 5 rings (SSSR count). The normalized spacial score (nSPS) is 38.3. The SMILES string of the molecule is CC[C@H]1OC(=O)[C@@H](C)[C@H](O[C@H]2C[C@@](C)(OC)[C@](O)(CN(C)Cc3ccc(-c4cn(CCCCCCC(=O)NO)nn4)cc3)[C@H](C)O2)[C@H](C)[C@H](O[C@H]2O[C@@H](C)C[C@@H](N(C)C)[C@@H]2O)[C@@](C)(O)C[C@H](C)CN(C)[C@@H](C)[C@H](O)[C@@]1(C)O. The number of aliphatic hydroxyl groups excluding tert-OH is 2. The highest BCUT2D eigenvalue weighted by Crippen LogP contribution is 2.44. The molecule has 0 unspecified atom stereocenters. The first-order chi connectivity index (χ1) is 36.0. The standard InChI is InChI=1S/C56H97N7O14/c1-16-44-55(10,69)49(66)38(6)62(14)30-34(2)28-53(8,68)50(77-52-47(65)43(60(11)12)27-35(3)73-52)36(4)48(37(5)51(67)75-44)76-46-29-54(9,72-15)56(70,39(7)74-46)33-61(13)31-40-22-24-41(25-23-40)42-32-63(59-57-42)26-20-18-17-19-21-45(64)58-71/h22-25,32,34-39,43-44,46-50,52,65-66,68-71H,16-21,26-31,33H2,1-15H3,(H,58,64)/t34-,35-,36-,37-,38-,39-,43+,44+,46-,47-,48+,49-,50-,52+,53-,54+,55-,56-/m0/s1. The van der Waals surface area contributed by atoms with Crippen molar-refractivity contribution in [1.82, 2.24) is 35.2 Å². The van der Waals surface area contributed by atoms with Gasteiger partial charge in [0, 0.05) is 69.7 Å². The van der Waals surface area contributed by atoms with Crippen molar-refractivity contribution in [3.8, 4) is 11.3 Å². The van der Waals surface area contributed by atoms with Crippen LogP contribution in [0.25, 0.3) is 11.3 Å². The zero-order chi connectivity index (χ0) is 57.4. The number of nitrogens with zero attached hydrogens (tertiary/aromatic N) is 6.